The van der Waals surface area contributed by atoms with Gasteiger partial charge in [-0.05, 0) is 11.8 Å². The smallest absolute Gasteiger partial charge is 0.100 e. The van der Waals surface area contributed by atoms with Crippen LogP contribution in [-0.2, 0) is 4.74 Å². The molecule has 3 N–H and O–H groups in total. The molecule has 0 bridgehead atoms. The number of aliphatic hydroxyl groups is 3. The van der Waals surface area contributed by atoms with Crippen LogP contribution in [0.15, 0.2) is 0 Å². The minimum atomic E-state index is -0.954. The Morgan fingerprint density at radius 2 is 1.05 bits per heavy atom. The summed E-state index contributed by atoms with van der Waals surface area (Å²) >= 11 is 0. The zero-order valence-electron chi connectivity index (χ0n) is 13.1. The fourth-order valence-electron chi connectivity index (χ4n) is 1.51. The Hall–Kier alpha value is -0.160. The molecule has 0 fully saturated rings. The van der Waals surface area contributed by atoms with Crippen molar-refractivity contribution in [2.24, 2.45) is 11.8 Å². The Balaban J connectivity index is 0. The molecule has 0 atom stereocenters. The quantitative estimate of drug-likeness (QED) is 0.573. The fraction of sp³-hybridized carbons (Fsp3) is 1.00. The second-order valence-electron chi connectivity index (χ2n) is 4.92. The number of hydrogen-bond donors (Lipinski definition) is 3. The van der Waals surface area contributed by atoms with Crippen LogP contribution in [0, 0.1) is 11.8 Å². The van der Waals surface area contributed by atoms with Crippen LogP contribution in [0.5, 0.6) is 0 Å². The average Bonchev–Trinajstić information content (AvgIpc) is 2.47. The summed E-state index contributed by atoms with van der Waals surface area (Å²) in [6.07, 6.45) is 4.04. The SMILES string of the molecule is CCC(CC)COCC(CC)CC.OCC(O)CO. The third-order valence-corrected chi connectivity index (χ3v) is 3.44. The van der Waals surface area contributed by atoms with Gasteiger partial charge in [-0.2, -0.15) is 0 Å². The maximum Gasteiger partial charge on any atom is 0.100 e. The Morgan fingerprint density at radius 1 is 0.737 bits per heavy atom. The third kappa shape index (κ3) is 14.1. The second-order valence-corrected chi connectivity index (χ2v) is 4.92. The lowest BCUT2D eigenvalue weighted by molar-refractivity contribution is 0.0450. The van der Waals surface area contributed by atoms with Gasteiger partial charge in [-0.1, -0.05) is 53.4 Å². The first-order valence-electron chi connectivity index (χ1n) is 7.56. The lowest BCUT2D eigenvalue weighted by Gasteiger charge is -2.16. The molecule has 0 spiro atoms. The minimum absolute atomic E-state index is 0.365. The summed E-state index contributed by atoms with van der Waals surface area (Å²) in [7, 11) is 0. The van der Waals surface area contributed by atoms with Crippen LogP contribution < -0.4 is 0 Å². The van der Waals surface area contributed by atoms with Crippen LogP contribution in [0.3, 0.4) is 0 Å². The first kappa shape index (κ1) is 21.1. The summed E-state index contributed by atoms with van der Waals surface area (Å²) < 4.78 is 5.72. The molecule has 0 aromatic carbocycles. The Kier molecular flexibility index (Phi) is 17.7. The number of rotatable bonds is 10. The minimum Gasteiger partial charge on any atom is -0.394 e. The summed E-state index contributed by atoms with van der Waals surface area (Å²) in [5, 5.41) is 24.0. The van der Waals surface area contributed by atoms with Crippen LogP contribution in [0.2, 0.25) is 0 Å². The molecule has 0 amide bonds. The highest BCUT2D eigenvalue weighted by Gasteiger charge is 2.06. The van der Waals surface area contributed by atoms with Gasteiger partial charge in [0.15, 0.2) is 0 Å². The molecule has 19 heavy (non-hydrogen) atoms. The van der Waals surface area contributed by atoms with Gasteiger partial charge < -0.3 is 20.1 Å². The van der Waals surface area contributed by atoms with Crippen LogP contribution >= 0.6 is 0 Å². The number of aliphatic hydroxyl groups excluding tert-OH is 3. The molecule has 0 aliphatic heterocycles. The highest BCUT2D eigenvalue weighted by Crippen LogP contribution is 2.11. The van der Waals surface area contributed by atoms with E-state index < -0.39 is 6.10 Å². The van der Waals surface area contributed by atoms with E-state index in [4.69, 9.17) is 20.1 Å². The maximum atomic E-state index is 8.17. The van der Waals surface area contributed by atoms with Gasteiger partial charge in [0.2, 0.25) is 0 Å². The van der Waals surface area contributed by atoms with Crippen molar-refractivity contribution in [1.29, 1.82) is 0 Å². The van der Waals surface area contributed by atoms with E-state index in [-0.39, 0.29) is 13.2 Å². The van der Waals surface area contributed by atoms with Crippen molar-refractivity contribution in [2.45, 2.75) is 59.5 Å². The van der Waals surface area contributed by atoms with Crippen molar-refractivity contribution in [1.82, 2.24) is 0 Å². The van der Waals surface area contributed by atoms with E-state index in [9.17, 15) is 0 Å². The van der Waals surface area contributed by atoms with Crippen molar-refractivity contribution in [3.8, 4) is 0 Å². The number of hydrogen-bond acceptors (Lipinski definition) is 4. The Morgan fingerprint density at radius 3 is 1.21 bits per heavy atom. The molecule has 0 radical (unpaired) electrons. The third-order valence-electron chi connectivity index (χ3n) is 3.44. The monoisotopic (exact) mass is 278 g/mol. The van der Waals surface area contributed by atoms with Gasteiger partial charge in [0.05, 0.1) is 13.2 Å². The average molecular weight is 278 g/mol. The van der Waals surface area contributed by atoms with Crippen LogP contribution in [0.4, 0.5) is 0 Å². The molecule has 4 nitrogen and oxygen atoms in total. The molecule has 0 rings (SSSR count). The van der Waals surface area contributed by atoms with E-state index in [1.54, 1.807) is 0 Å². The van der Waals surface area contributed by atoms with Crippen molar-refractivity contribution in [2.75, 3.05) is 26.4 Å². The molecule has 0 aliphatic carbocycles. The van der Waals surface area contributed by atoms with Gasteiger partial charge in [0.25, 0.3) is 0 Å². The van der Waals surface area contributed by atoms with E-state index in [0.717, 1.165) is 25.0 Å². The molecule has 0 unspecified atom stereocenters. The van der Waals surface area contributed by atoms with Gasteiger partial charge in [-0.15, -0.1) is 0 Å². The van der Waals surface area contributed by atoms with E-state index in [0.29, 0.717) is 0 Å². The first-order valence-corrected chi connectivity index (χ1v) is 7.56. The zero-order valence-corrected chi connectivity index (χ0v) is 13.1. The van der Waals surface area contributed by atoms with Crippen molar-refractivity contribution >= 4 is 0 Å². The molecule has 0 aliphatic rings. The summed E-state index contributed by atoms with van der Waals surface area (Å²) in [4.78, 5) is 0. The summed E-state index contributed by atoms with van der Waals surface area (Å²) in [5.74, 6) is 1.55. The van der Waals surface area contributed by atoms with Gasteiger partial charge in [-0.3, -0.25) is 0 Å². The zero-order chi connectivity index (χ0) is 15.1. The molecule has 118 valence electrons. The lowest BCUT2D eigenvalue weighted by atomic mass is 10.0. The summed E-state index contributed by atoms with van der Waals surface area (Å²) in [5.41, 5.74) is 0. The molecule has 0 saturated heterocycles. The van der Waals surface area contributed by atoms with Gasteiger partial charge >= 0.3 is 0 Å². The van der Waals surface area contributed by atoms with Gasteiger partial charge in [-0.25, -0.2) is 0 Å². The van der Waals surface area contributed by atoms with E-state index >= 15 is 0 Å². The molecule has 4 heteroatoms. The van der Waals surface area contributed by atoms with Gasteiger partial charge in [0, 0.05) is 13.2 Å². The van der Waals surface area contributed by atoms with Gasteiger partial charge in [0.1, 0.15) is 6.10 Å². The topological polar surface area (TPSA) is 69.9 Å². The second kappa shape index (κ2) is 15.9. The molecule has 0 heterocycles. The molecule has 0 saturated carbocycles. The molecule has 0 aromatic heterocycles. The molecule has 0 aromatic rings. The summed E-state index contributed by atoms with van der Waals surface area (Å²) in [6.45, 7) is 10.2. The molecular weight excluding hydrogens is 244 g/mol. The fourth-order valence-corrected chi connectivity index (χ4v) is 1.51. The van der Waals surface area contributed by atoms with Crippen LogP contribution in [-0.4, -0.2) is 47.9 Å². The largest absolute Gasteiger partial charge is 0.394 e. The highest BCUT2D eigenvalue weighted by molar-refractivity contribution is 4.55. The Labute approximate surface area is 118 Å². The number of ether oxygens (including phenoxy) is 1. The Bertz CT molecular complexity index is 140. The standard InChI is InChI=1S/C12H26O.C3H8O3/c1-5-11(6-2)9-13-10-12(7-3)8-4;4-1-3(6)2-5/h11-12H,5-10H2,1-4H3;3-6H,1-2H2. The predicted octanol–water partition coefficient (Wildman–Crippen LogP) is 2.21. The lowest BCUT2D eigenvalue weighted by Crippen LogP contribution is -2.15. The van der Waals surface area contributed by atoms with Crippen LogP contribution in [0.1, 0.15) is 53.4 Å². The van der Waals surface area contributed by atoms with E-state index in [1.807, 2.05) is 0 Å². The van der Waals surface area contributed by atoms with E-state index in [1.165, 1.54) is 25.7 Å². The predicted molar refractivity (Wildman–Crippen MR) is 79.1 cm³/mol. The molecular formula is C15H34O4. The van der Waals surface area contributed by atoms with Crippen molar-refractivity contribution in [3.63, 3.8) is 0 Å². The van der Waals surface area contributed by atoms with Crippen molar-refractivity contribution in [3.05, 3.63) is 0 Å². The normalized spacial score (nSPS) is 11.1. The van der Waals surface area contributed by atoms with E-state index in [2.05, 4.69) is 27.7 Å². The van der Waals surface area contributed by atoms with Crippen LogP contribution in [0.25, 0.3) is 0 Å². The van der Waals surface area contributed by atoms with Crippen molar-refractivity contribution < 1.29 is 20.1 Å². The highest BCUT2D eigenvalue weighted by atomic mass is 16.5. The summed E-state index contributed by atoms with van der Waals surface area (Å²) in [6, 6.07) is 0. The first-order chi connectivity index (χ1) is 9.09. The maximum absolute atomic E-state index is 8.17.